The zero-order valence-electron chi connectivity index (χ0n) is 16.4. The minimum atomic E-state index is -3.21. The molecular formula is C25H24NO2P. The largest absolute Gasteiger partial charge is 0.296 e. The van der Waals surface area contributed by atoms with E-state index < -0.39 is 13.3 Å². The molecule has 0 amide bonds. The van der Waals surface area contributed by atoms with Crippen LogP contribution in [0.2, 0.25) is 0 Å². The molecule has 1 atom stereocenters. The first kappa shape index (κ1) is 20.7. The Morgan fingerprint density at radius 3 is 1.76 bits per heavy atom. The third kappa shape index (κ3) is 5.08. The van der Waals surface area contributed by atoms with E-state index in [1.165, 1.54) is 6.92 Å². The van der Waals surface area contributed by atoms with Gasteiger partial charge < -0.3 is 0 Å². The summed E-state index contributed by atoms with van der Waals surface area (Å²) in [6.07, 6.45) is 3.75. The highest BCUT2D eigenvalue weighted by atomic mass is 31.2. The standard InChI is InChI=1S/C25H24NO2P/c1-20(21(2)27)25(19-18-22-12-6-3-7-13-22)26-29(28,23-14-8-4-9-15-23)24-16-10-5-11-17-24/h3-19,25H,1H2,2H3,(H,26,28)/b19-18+. The third-order valence-electron chi connectivity index (χ3n) is 4.67. The topological polar surface area (TPSA) is 46.2 Å². The number of hydrogen-bond donors (Lipinski definition) is 1. The number of rotatable bonds is 8. The van der Waals surface area contributed by atoms with Crippen molar-refractivity contribution < 1.29 is 9.36 Å². The molecule has 0 heterocycles. The van der Waals surface area contributed by atoms with Gasteiger partial charge in [-0.25, -0.2) is 5.09 Å². The van der Waals surface area contributed by atoms with Crippen molar-refractivity contribution in [3.63, 3.8) is 0 Å². The zero-order chi connectivity index (χ0) is 20.7. The number of nitrogens with one attached hydrogen (secondary N) is 1. The van der Waals surface area contributed by atoms with E-state index in [0.717, 1.165) is 5.56 Å². The summed E-state index contributed by atoms with van der Waals surface area (Å²) < 4.78 is 14.3. The van der Waals surface area contributed by atoms with Crippen LogP contribution >= 0.6 is 7.29 Å². The van der Waals surface area contributed by atoms with E-state index in [4.69, 9.17) is 0 Å². The van der Waals surface area contributed by atoms with Crippen molar-refractivity contribution in [2.75, 3.05) is 0 Å². The molecule has 29 heavy (non-hydrogen) atoms. The van der Waals surface area contributed by atoms with Gasteiger partial charge in [0, 0.05) is 16.2 Å². The van der Waals surface area contributed by atoms with Crippen molar-refractivity contribution in [1.82, 2.24) is 5.09 Å². The maximum atomic E-state index is 14.3. The van der Waals surface area contributed by atoms with E-state index in [9.17, 15) is 9.36 Å². The summed E-state index contributed by atoms with van der Waals surface area (Å²) in [7, 11) is -3.21. The zero-order valence-corrected chi connectivity index (χ0v) is 17.3. The lowest BCUT2D eigenvalue weighted by Crippen LogP contribution is -2.36. The second kappa shape index (κ2) is 9.47. The van der Waals surface area contributed by atoms with Crippen molar-refractivity contribution in [3.05, 3.63) is 115 Å². The van der Waals surface area contributed by atoms with Crippen molar-refractivity contribution in [2.24, 2.45) is 0 Å². The lowest BCUT2D eigenvalue weighted by molar-refractivity contribution is -0.113. The molecule has 0 spiro atoms. The maximum absolute atomic E-state index is 14.3. The van der Waals surface area contributed by atoms with Gasteiger partial charge in [0.05, 0.1) is 6.04 Å². The molecule has 0 bridgehead atoms. The van der Waals surface area contributed by atoms with Crippen LogP contribution in [0.5, 0.6) is 0 Å². The third-order valence-corrected chi connectivity index (χ3v) is 7.36. The Morgan fingerprint density at radius 1 is 0.862 bits per heavy atom. The molecule has 3 aromatic rings. The molecule has 146 valence electrons. The first-order valence-electron chi connectivity index (χ1n) is 9.43. The summed E-state index contributed by atoms with van der Waals surface area (Å²) in [4.78, 5) is 12.1. The summed E-state index contributed by atoms with van der Waals surface area (Å²) in [5.41, 5.74) is 1.36. The van der Waals surface area contributed by atoms with Gasteiger partial charge in [0.25, 0.3) is 0 Å². The van der Waals surface area contributed by atoms with Gasteiger partial charge in [-0.1, -0.05) is 85.5 Å². The highest BCUT2D eigenvalue weighted by molar-refractivity contribution is 7.77. The predicted molar refractivity (Wildman–Crippen MR) is 122 cm³/mol. The molecule has 3 rings (SSSR count). The molecule has 0 aliphatic heterocycles. The Morgan fingerprint density at radius 2 is 1.31 bits per heavy atom. The number of benzene rings is 3. The Balaban J connectivity index is 2.04. The van der Waals surface area contributed by atoms with Gasteiger partial charge in [-0.3, -0.25) is 9.36 Å². The van der Waals surface area contributed by atoms with Crippen LogP contribution in [0.3, 0.4) is 0 Å². The molecule has 1 unspecified atom stereocenters. The van der Waals surface area contributed by atoms with Crippen LogP contribution in [0.15, 0.2) is 109 Å². The fourth-order valence-corrected chi connectivity index (χ4v) is 5.41. The molecule has 0 aromatic heterocycles. The number of Topliss-reactive ketones (excluding diaryl/α,β-unsaturated/α-hetero) is 1. The monoisotopic (exact) mass is 401 g/mol. The van der Waals surface area contributed by atoms with Crippen LogP contribution in [0.1, 0.15) is 12.5 Å². The molecule has 0 saturated carbocycles. The summed E-state index contributed by atoms with van der Waals surface area (Å²) in [5, 5.41) is 4.63. The predicted octanol–water partition coefficient (Wildman–Crippen LogP) is 4.73. The number of carbonyl (C=O) groups excluding carboxylic acids is 1. The summed E-state index contributed by atoms with van der Waals surface area (Å²) >= 11 is 0. The number of hydrogen-bond acceptors (Lipinski definition) is 2. The minimum Gasteiger partial charge on any atom is -0.296 e. The van der Waals surface area contributed by atoms with Crippen LogP contribution in [-0.4, -0.2) is 11.8 Å². The number of ketones is 1. The first-order valence-corrected chi connectivity index (χ1v) is 11.1. The SMILES string of the molecule is C=C(C(C)=O)C(/C=C/c1ccccc1)NP(=O)(c1ccccc1)c1ccccc1. The Bertz CT molecular complexity index is 1000. The normalized spacial score (nSPS) is 12.6. The molecule has 3 nitrogen and oxygen atoms in total. The summed E-state index contributed by atoms with van der Waals surface area (Å²) in [5.74, 6) is -0.145. The summed E-state index contributed by atoms with van der Waals surface area (Å²) in [6.45, 7) is 5.43. The van der Waals surface area contributed by atoms with E-state index in [2.05, 4.69) is 11.7 Å². The average molecular weight is 401 g/mol. The molecular weight excluding hydrogens is 377 g/mol. The smallest absolute Gasteiger partial charge is 0.205 e. The molecule has 3 aromatic carbocycles. The van der Waals surface area contributed by atoms with Crippen LogP contribution < -0.4 is 15.7 Å². The molecule has 1 N–H and O–H groups in total. The van der Waals surface area contributed by atoms with E-state index in [1.54, 1.807) is 0 Å². The molecule has 0 fully saturated rings. The Hall–Kier alpha value is -3.00. The van der Waals surface area contributed by atoms with Crippen LogP contribution in [0, 0.1) is 0 Å². The van der Waals surface area contributed by atoms with E-state index >= 15 is 0 Å². The number of carbonyl (C=O) groups is 1. The van der Waals surface area contributed by atoms with Gasteiger partial charge in [-0.05, 0) is 36.8 Å². The first-order chi connectivity index (χ1) is 14.0. The molecule has 0 radical (unpaired) electrons. The van der Waals surface area contributed by atoms with Gasteiger partial charge in [-0.2, -0.15) is 0 Å². The second-order valence-corrected chi connectivity index (χ2v) is 9.25. The van der Waals surface area contributed by atoms with E-state index in [0.29, 0.717) is 16.2 Å². The maximum Gasteiger partial charge on any atom is 0.205 e. The highest BCUT2D eigenvalue weighted by Crippen LogP contribution is 2.40. The van der Waals surface area contributed by atoms with Gasteiger partial charge in [0.1, 0.15) is 0 Å². The van der Waals surface area contributed by atoms with Gasteiger partial charge >= 0.3 is 0 Å². The van der Waals surface area contributed by atoms with E-state index in [1.807, 2.05) is 103 Å². The lowest BCUT2D eigenvalue weighted by Gasteiger charge is -2.26. The van der Waals surface area contributed by atoms with E-state index in [-0.39, 0.29) is 5.78 Å². The molecule has 0 aliphatic rings. The Kier molecular flexibility index (Phi) is 6.77. The fraction of sp³-hybridized carbons (Fsp3) is 0.0800. The van der Waals surface area contributed by atoms with Gasteiger partial charge in [0.2, 0.25) is 7.29 Å². The van der Waals surface area contributed by atoms with Crippen molar-refractivity contribution in [1.29, 1.82) is 0 Å². The van der Waals surface area contributed by atoms with Crippen molar-refractivity contribution >= 4 is 29.8 Å². The Labute approximate surface area is 172 Å². The van der Waals surface area contributed by atoms with Gasteiger partial charge in [0.15, 0.2) is 5.78 Å². The molecule has 0 saturated heterocycles. The minimum absolute atomic E-state index is 0.145. The quantitative estimate of drug-likeness (QED) is 0.438. The average Bonchev–Trinajstić information content (AvgIpc) is 2.78. The van der Waals surface area contributed by atoms with Crippen LogP contribution in [-0.2, 0) is 9.36 Å². The van der Waals surface area contributed by atoms with Crippen LogP contribution in [0.25, 0.3) is 6.08 Å². The van der Waals surface area contributed by atoms with Crippen molar-refractivity contribution in [2.45, 2.75) is 13.0 Å². The lowest BCUT2D eigenvalue weighted by atomic mass is 10.0. The molecule has 0 aliphatic carbocycles. The van der Waals surface area contributed by atoms with Crippen molar-refractivity contribution in [3.8, 4) is 0 Å². The summed E-state index contributed by atoms with van der Waals surface area (Å²) in [6, 6.07) is 27.8. The fourth-order valence-electron chi connectivity index (χ4n) is 3.00. The van der Waals surface area contributed by atoms with Crippen LogP contribution in [0.4, 0.5) is 0 Å². The van der Waals surface area contributed by atoms with Gasteiger partial charge in [-0.15, -0.1) is 0 Å². The molecule has 4 heteroatoms. The second-order valence-electron chi connectivity index (χ2n) is 6.74. The highest BCUT2D eigenvalue weighted by Gasteiger charge is 2.30.